The van der Waals surface area contributed by atoms with Gasteiger partial charge in [0, 0.05) is 6.20 Å². The van der Waals surface area contributed by atoms with Crippen LogP contribution in [0.3, 0.4) is 0 Å². The van der Waals surface area contributed by atoms with Crippen molar-refractivity contribution in [3.05, 3.63) is 38.4 Å². The number of fused-ring (bicyclic) bond motifs is 1. The summed E-state index contributed by atoms with van der Waals surface area (Å²) >= 11 is 0. The second-order valence-electron chi connectivity index (χ2n) is 5.31. The molecule has 0 aliphatic carbocycles. The van der Waals surface area contributed by atoms with Crippen LogP contribution in [0.15, 0.2) is 15.8 Å². The molecule has 0 bridgehead atoms. The lowest BCUT2D eigenvalue weighted by atomic mass is 10.1. The molecule has 0 radical (unpaired) electrons. The van der Waals surface area contributed by atoms with Crippen molar-refractivity contribution < 1.29 is 24.4 Å². The number of nitrogens with zero attached hydrogens (tertiary/aromatic N) is 2. The second kappa shape index (κ2) is 5.49. The van der Waals surface area contributed by atoms with Gasteiger partial charge in [0.25, 0.3) is 5.56 Å². The summed E-state index contributed by atoms with van der Waals surface area (Å²) in [5, 5.41) is 28.6. The lowest BCUT2D eigenvalue weighted by molar-refractivity contribution is -0.0547. The van der Waals surface area contributed by atoms with E-state index in [4.69, 9.17) is 9.84 Å². The van der Waals surface area contributed by atoms with Crippen LogP contribution in [0.4, 0.5) is 4.39 Å². The molecule has 1 aliphatic heterocycles. The third-order valence-corrected chi connectivity index (χ3v) is 3.88. The highest BCUT2D eigenvalue weighted by molar-refractivity contribution is 5.74. The molecular weight excluding hydrogens is 313 g/mol. The molecule has 23 heavy (non-hydrogen) atoms. The first-order valence-electron chi connectivity index (χ1n) is 6.79. The molecule has 0 spiro atoms. The van der Waals surface area contributed by atoms with Crippen LogP contribution >= 0.6 is 0 Å². The smallest absolute Gasteiger partial charge is 0.351 e. The predicted molar refractivity (Wildman–Crippen MR) is 74.3 cm³/mol. The van der Waals surface area contributed by atoms with Crippen molar-refractivity contribution in [2.75, 3.05) is 6.61 Å². The van der Waals surface area contributed by atoms with Crippen LogP contribution in [-0.2, 0) is 4.74 Å². The minimum absolute atomic E-state index is 0.139. The average Bonchev–Trinajstić information content (AvgIpc) is 2.80. The molecule has 2 aromatic rings. The Bertz CT molecular complexity index is 878. The average molecular weight is 327 g/mol. The van der Waals surface area contributed by atoms with Gasteiger partial charge in [-0.2, -0.15) is 4.98 Å². The monoisotopic (exact) mass is 327 g/mol. The van der Waals surface area contributed by atoms with Crippen molar-refractivity contribution in [1.82, 2.24) is 14.5 Å². The minimum atomic E-state index is -1.50. The molecule has 1 fully saturated rings. The number of rotatable bonds is 2. The summed E-state index contributed by atoms with van der Waals surface area (Å²) in [4.78, 5) is 29.4. The lowest BCUT2D eigenvalue weighted by Crippen LogP contribution is -2.36. The molecule has 1 saturated heterocycles. The Balaban J connectivity index is 2.18. The highest BCUT2D eigenvalue weighted by Gasteiger charge is 2.43. The quantitative estimate of drug-likeness (QED) is 0.508. The molecule has 0 amide bonds. The third-order valence-electron chi connectivity index (χ3n) is 3.88. The van der Waals surface area contributed by atoms with E-state index in [0.717, 1.165) is 10.8 Å². The van der Waals surface area contributed by atoms with Crippen molar-refractivity contribution in [3.8, 4) is 0 Å². The Morgan fingerprint density at radius 1 is 1.39 bits per heavy atom. The Morgan fingerprint density at radius 3 is 2.70 bits per heavy atom. The van der Waals surface area contributed by atoms with Gasteiger partial charge in [-0.3, -0.25) is 9.36 Å². The van der Waals surface area contributed by atoms with Crippen molar-refractivity contribution in [1.29, 1.82) is 0 Å². The maximum atomic E-state index is 14.2. The van der Waals surface area contributed by atoms with Crippen LogP contribution in [0.5, 0.6) is 0 Å². The number of hydrogen-bond acceptors (Lipinski definition) is 7. The van der Waals surface area contributed by atoms with Crippen LogP contribution in [0.25, 0.3) is 11.0 Å². The molecule has 9 nitrogen and oxygen atoms in total. The van der Waals surface area contributed by atoms with Crippen molar-refractivity contribution >= 4 is 11.0 Å². The normalized spacial score (nSPS) is 27.7. The molecule has 4 atom stereocenters. The fourth-order valence-electron chi connectivity index (χ4n) is 2.52. The van der Waals surface area contributed by atoms with Crippen LogP contribution < -0.4 is 11.2 Å². The van der Waals surface area contributed by atoms with Gasteiger partial charge in [-0.05, 0) is 6.92 Å². The van der Waals surface area contributed by atoms with E-state index >= 15 is 0 Å². The molecule has 2 aromatic heterocycles. The van der Waals surface area contributed by atoms with E-state index < -0.39 is 48.2 Å². The first-order chi connectivity index (χ1) is 10.8. The van der Waals surface area contributed by atoms with E-state index in [-0.39, 0.29) is 16.6 Å². The summed E-state index contributed by atoms with van der Waals surface area (Å²) in [5.41, 5.74) is -2.02. The van der Waals surface area contributed by atoms with E-state index in [0.29, 0.717) is 0 Å². The minimum Gasteiger partial charge on any atom is -0.394 e. The van der Waals surface area contributed by atoms with Crippen molar-refractivity contribution in [3.63, 3.8) is 0 Å². The number of aromatic nitrogens is 3. The van der Waals surface area contributed by atoms with E-state index in [1.54, 1.807) is 0 Å². The Kier molecular flexibility index (Phi) is 3.76. The van der Waals surface area contributed by atoms with E-state index in [9.17, 15) is 24.2 Å². The molecule has 1 aliphatic rings. The number of nitrogens with one attached hydrogen (secondary N) is 1. The summed E-state index contributed by atoms with van der Waals surface area (Å²) in [7, 11) is 0. The Labute approximate surface area is 127 Å². The van der Waals surface area contributed by atoms with Crippen LogP contribution in [0.1, 0.15) is 11.8 Å². The van der Waals surface area contributed by atoms with Gasteiger partial charge in [-0.25, -0.2) is 9.18 Å². The molecule has 4 N–H and O–H groups in total. The summed E-state index contributed by atoms with van der Waals surface area (Å²) < 4.78 is 20.2. The van der Waals surface area contributed by atoms with Gasteiger partial charge < -0.3 is 25.0 Å². The zero-order chi connectivity index (χ0) is 16.9. The second-order valence-corrected chi connectivity index (χ2v) is 5.31. The maximum absolute atomic E-state index is 14.2. The van der Waals surface area contributed by atoms with Crippen LogP contribution in [-0.4, -0.2) is 54.8 Å². The molecule has 3 heterocycles. The highest BCUT2D eigenvalue weighted by Crippen LogP contribution is 2.28. The molecule has 124 valence electrons. The van der Waals surface area contributed by atoms with Gasteiger partial charge in [0.05, 0.1) is 17.6 Å². The maximum Gasteiger partial charge on any atom is 0.351 e. The first-order valence-corrected chi connectivity index (χ1v) is 6.79. The topological polar surface area (TPSA) is 138 Å². The number of hydrogen-bond donors (Lipinski definition) is 4. The summed E-state index contributed by atoms with van der Waals surface area (Å²) in [6.07, 6.45) is -4.28. The number of aliphatic hydroxyl groups is 3. The molecular formula is C13H14FN3O6. The highest BCUT2D eigenvalue weighted by atomic mass is 19.1. The standard InChI is InChI=1S/C13H14FN3O6/c1-4-7(14)5-2-17(13(22)16-10(5)15-11(4)21)12-9(20)8(19)6(3-18)23-12/h2,6,8-9,12,18-20H,3H2,1H3,(H,15,16,21,22)/t6-,8?,9?,12-/m1/s1. The fraction of sp³-hybridized carbons (Fsp3) is 0.462. The van der Waals surface area contributed by atoms with Crippen LogP contribution in [0.2, 0.25) is 0 Å². The van der Waals surface area contributed by atoms with Gasteiger partial charge in [0.2, 0.25) is 0 Å². The summed E-state index contributed by atoms with van der Waals surface area (Å²) in [6.45, 7) is 0.709. The van der Waals surface area contributed by atoms with Crippen LogP contribution in [0, 0.1) is 12.7 Å². The summed E-state index contributed by atoms with van der Waals surface area (Å²) in [6, 6.07) is 0. The van der Waals surface area contributed by atoms with Gasteiger partial charge in [0.15, 0.2) is 6.23 Å². The van der Waals surface area contributed by atoms with Gasteiger partial charge in [-0.15, -0.1) is 0 Å². The van der Waals surface area contributed by atoms with Gasteiger partial charge >= 0.3 is 5.69 Å². The van der Waals surface area contributed by atoms with E-state index in [1.165, 1.54) is 6.92 Å². The first kappa shape index (κ1) is 15.7. The predicted octanol–water partition coefficient (Wildman–Crippen LogP) is -1.86. The molecule has 3 rings (SSSR count). The zero-order valence-electron chi connectivity index (χ0n) is 11.9. The largest absolute Gasteiger partial charge is 0.394 e. The van der Waals surface area contributed by atoms with E-state index in [2.05, 4.69) is 9.97 Å². The third kappa shape index (κ3) is 2.36. The Morgan fingerprint density at radius 2 is 2.09 bits per heavy atom. The summed E-state index contributed by atoms with van der Waals surface area (Å²) in [5.74, 6) is -0.850. The van der Waals surface area contributed by atoms with Gasteiger partial charge in [-0.1, -0.05) is 0 Å². The van der Waals surface area contributed by atoms with E-state index in [1.807, 2.05) is 0 Å². The SMILES string of the molecule is Cc1c(F)c2cn([C@@H]3O[C@H](CO)C(O)C3O)c(=O)nc2[nH]c1=O. The molecule has 2 unspecified atom stereocenters. The number of halogens is 1. The van der Waals surface area contributed by atoms with Gasteiger partial charge in [0.1, 0.15) is 29.8 Å². The number of aromatic amines is 1. The lowest BCUT2D eigenvalue weighted by Gasteiger charge is -2.17. The fourth-order valence-corrected chi connectivity index (χ4v) is 2.52. The molecule has 0 aromatic carbocycles. The van der Waals surface area contributed by atoms with Crippen molar-refractivity contribution in [2.45, 2.75) is 31.5 Å². The zero-order valence-corrected chi connectivity index (χ0v) is 11.9. The number of ether oxygens (including phenoxy) is 1. The number of H-pyrrole nitrogens is 1. The number of aliphatic hydroxyl groups excluding tert-OH is 3. The number of pyridine rings is 1. The van der Waals surface area contributed by atoms with Crippen molar-refractivity contribution in [2.24, 2.45) is 0 Å². The molecule has 10 heteroatoms. The Hall–Kier alpha value is -2.14. The molecule has 0 saturated carbocycles.